The largest absolute Gasteiger partial charge is 0.497 e. The van der Waals surface area contributed by atoms with Gasteiger partial charge in [-0.1, -0.05) is 42.5 Å². The fraction of sp³-hybridized carbons (Fsp3) is 0.318. The topological polar surface area (TPSA) is 95.9 Å². The van der Waals surface area contributed by atoms with Gasteiger partial charge in [0.15, 0.2) is 0 Å². The molecule has 7 heteroatoms. The van der Waals surface area contributed by atoms with Crippen LogP contribution in [-0.4, -0.2) is 47.5 Å². The molecule has 0 saturated carbocycles. The van der Waals surface area contributed by atoms with Crippen LogP contribution < -0.4 is 10.1 Å². The van der Waals surface area contributed by atoms with Crippen molar-refractivity contribution >= 4 is 17.8 Å². The fourth-order valence-corrected chi connectivity index (χ4v) is 3.39. The second-order valence-corrected chi connectivity index (χ2v) is 7.11. The highest BCUT2D eigenvalue weighted by atomic mass is 16.5. The van der Waals surface area contributed by atoms with Crippen molar-refractivity contribution in [3.8, 4) is 5.75 Å². The molecule has 0 aliphatic carbocycles. The molecule has 0 radical (unpaired) electrons. The fourth-order valence-electron chi connectivity index (χ4n) is 3.39. The van der Waals surface area contributed by atoms with Crippen molar-refractivity contribution < 1.29 is 24.2 Å². The van der Waals surface area contributed by atoms with E-state index in [1.54, 1.807) is 12.0 Å². The second kappa shape index (κ2) is 9.23. The van der Waals surface area contributed by atoms with Crippen LogP contribution in [0.5, 0.6) is 5.75 Å². The molecule has 29 heavy (non-hydrogen) atoms. The van der Waals surface area contributed by atoms with Crippen molar-refractivity contribution in [1.82, 2.24) is 10.2 Å². The molecule has 2 aromatic carbocycles. The molecule has 1 aliphatic rings. The van der Waals surface area contributed by atoms with Gasteiger partial charge in [0.2, 0.25) is 11.8 Å². The first kappa shape index (κ1) is 20.4. The minimum absolute atomic E-state index is 0.0830. The number of amides is 2. The number of nitrogens with one attached hydrogen (secondary N) is 1. The van der Waals surface area contributed by atoms with Gasteiger partial charge in [-0.3, -0.25) is 9.59 Å². The van der Waals surface area contributed by atoms with E-state index in [2.05, 4.69) is 5.32 Å². The number of nitrogens with zero attached hydrogens (tertiary/aromatic N) is 1. The van der Waals surface area contributed by atoms with Crippen LogP contribution in [0.2, 0.25) is 0 Å². The summed E-state index contributed by atoms with van der Waals surface area (Å²) in [5.41, 5.74) is 1.76. The van der Waals surface area contributed by atoms with E-state index in [0.29, 0.717) is 6.54 Å². The van der Waals surface area contributed by atoms with E-state index < -0.39 is 23.8 Å². The van der Waals surface area contributed by atoms with Crippen LogP contribution in [0.15, 0.2) is 54.6 Å². The number of methoxy groups -OCH3 is 1. The van der Waals surface area contributed by atoms with E-state index in [-0.39, 0.29) is 25.3 Å². The third-order valence-corrected chi connectivity index (χ3v) is 5.02. The predicted octanol–water partition coefficient (Wildman–Crippen LogP) is 1.86. The first-order valence-corrected chi connectivity index (χ1v) is 9.44. The molecule has 3 rings (SSSR count). The number of hydrogen-bond acceptors (Lipinski definition) is 4. The van der Waals surface area contributed by atoms with Gasteiger partial charge in [0.05, 0.1) is 13.0 Å². The van der Waals surface area contributed by atoms with Gasteiger partial charge in [0.25, 0.3) is 0 Å². The zero-order valence-electron chi connectivity index (χ0n) is 16.2. The van der Waals surface area contributed by atoms with E-state index in [1.807, 2.05) is 54.6 Å². The Bertz CT molecular complexity index is 867. The first-order valence-electron chi connectivity index (χ1n) is 9.44. The van der Waals surface area contributed by atoms with Crippen molar-refractivity contribution in [2.75, 3.05) is 13.7 Å². The minimum atomic E-state index is -1.10. The highest BCUT2D eigenvalue weighted by molar-refractivity contribution is 5.91. The van der Waals surface area contributed by atoms with Crippen molar-refractivity contribution in [1.29, 1.82) is 0 Å². The molecule has 0 aromatic heterocycles. The summed E-state index contributed by atoms with van der Waals surface area (Å²) in [7, 11) is 1.59. The maximum atomic E-state index is 12.6. The van der Waals surface area contributed by atoms with Gasteiger partial charge in [-0.05, 0) is 23.3 Å². The van der Waals surface area contributed by atoms with Gasteiger partial charge < -0.3 is 20.1 Å². The number of carboxylic acids is 1. The molecular weight excluding hydrogens is 372 g/mol. The molecule has 1 heterocycles. The number of hydrogen-bond donors (Lipinski definition) is 2. The van der Waals surface area contributed by atoms with Crippen LogP contribution in [0.4, 0.5) is 0 Å². The molecule has 1 fully saturated rings. The Balaban J connectivity index is 1.58. The Kier molecular flexibility index (Phi) is 6.49. The lowest BCUT2D eigenvalue weighted by Gasteiger charge is -2.19. The highest BCUT2D eigenvalue weighted by Gasteiger charge is 2.35. The summed E-state index contributed by atoms with van der Waals surface area (Å²) in [4.78, 5) is 38.1. The van der Waals surface area contributed by atoms with Gasteiger partial charge in [-0.15, -0.1) is 0 Å². The number of carbonyl (C=O) groups excluding carboxylic acids is 2. The van der Waals surface area contributed by atoms with Crippen molar-refractivity contribution in [2.45, 2.75) is 25.4 Å². The summed E-state index contributed by atoms with van der Waals surface area (Å²) in [5.74, 6) is -1.44. The average Bonchev–Trinajstić information content (AvgIpc) is 3.09. The zero-order chi connectivity index (χ0) is 20.8. The molecule has 1 saturated heterocycles. The lowest BCUT2D eigenvalue weighted by Crippen LogP contribution is -2.45. The third-order valence-electron chi connectivity index (χ3n) is 5.02. The van der Waals surface area contributed by atoms with E-state index in [1.165, 1.54) is 0 Å². The highest BCUT2D eigenvalue weighted by Crippen LogP contribution is 2.22. The minimum Gasteiger partial charge on any atom is -0.497 e. The lowest BCUT2D eigenvalue weighted by molar-refractivity contribution is -0.142. The number of carboxylic acid groups (broad SMARTS) is 1. The lowest BCUT2D eigenvalue weighted by atomic mass is 10.0. The summed E-state index contributed by atoms with van der Waals surface area (Å²) in [6.07, 6.45) is 0.276. The number of benzene rings is 2. The predicted molar refractivity (Wildman–Crippen MR) is 106 cm³/mol. The number of carbonyl (C=O) groups is 3. The van der Waals surface area contributed by atoms with Crippen LogP contribution >= 0.6 is 0 Å². The average molecular weight is 396 g/mol. The number of rotatable bonds is 8. The van der Waals surface area contributed by atoms with Crippen molar-refractivity contribution in [2.24, 2.45) is 5.92 Å². The smallest absolute Gasteiger partial charge is 0.326 e. The van der Waals surface area contributed by atoms with Gasteiger partial charge in [0, 0.05) is 25.9 Å². The zero-order valence-corrected chi connectivity index (χ0v) is 16.2. The van der Waals surface area contributed by atoms with Gasteiger partial charge in [-0.25, -0.2) is 4.79 Å². The molecule has 2 atom stereocenters. The molecule has 2 aromatic rings. The molecule has 2 N–H and O–H groups in total. The summed E-state index contributed by atoms with van der Waals surface area (Å²) in [5, 5.41) is 12.1. The molecule has 0 spiro atoms. The number of likely N-dealkylation sites (tertiary alicyclic amines) is 1. The first-order chi connectivity index (χ1) is 14.0. The van der Waals surface area contributed by atoms with Crippen LogP contribution in [-0.2, 0) is 27.3 Å². The Morgan fingerprint density at radius 2 is 1.83 bits per heavy atom. The summed E-state index contributed by atoms with van der Waals surface area (Å²) in [6.45, 7) is 0.674. The molecule has 0 bridgehead atoms. The number of ether oxygens (including phenoxy) is 1. The second-order valence-electron chi connectivity index (χ2n) is 7.11. The van der Waals surface area contributed by atoms with Gasteiger partial charge in [-0.2, -0.15) is 0 Å². The molecule has 152 valence electrons. The summed E-state index contributed by atoms with van der Waals surface area (Å²) < 4.78 is 5.13. The Labute approximate surface area is 169 Å². The Hall–Kier alpha value is -3.35. The van der Waals surface area contributed by atoms with E-state index in [9.17, 15) is 19.5 Å². The Morgan fingerprint density at radius 1 is 1.14 bits per heavy atom. The van der Waals surface area contributed by atoms with Gasteiger partial charge in [0.1, 0.15) is 11.8 Å². The number of aliphatic carboxylic acids is 1. The van der Waals surface area contributed by atoms with Crippen molar-refractivity contribution in [3.63, 3.8) is 0 Å². The molecular formula is C22H24N2O5. The van der Waals surface area contributed by atoms with Crippen LogP contribution in [0.1, 0.15) is 17.5 Å². The van der Waals surface area contributed by atoms with E-state index in [4.69, 9.17) is 4.74 Å². The monoisotopic (exact) mass is 396 g/mol. The molecule has 1 aliphatic heterocycles. The molecule has 7 nitrogen and oxygen atoms in total. The van der Waals surface area contributed by atoms with Crippen molar-refractivity contribution in [3.05, 3.63) is 65.7 Å². The van der Waals surface area contributed by atoms with Crippen LogP contribution in [0.25, 0.3) is 0 Å². The van der Waals surface area contributed by atoms with Gasteiger partial charge >= 0.3 is 5.97 Å². The van der Waals surface area contributed by atoms with Crippen LogP contribution in [0, 0.1) is 5.92 Å². The summed E-state index contributed by atoms with van der Waals surface area (Å²) >= 11 is 0. The quantitative estimate of drug-likeness (QED) is 0.710. The third kappa shape index (κ3) is 5.34. The standard InChI is InChI=1S/C22H24N2O5/c1-29-18-9-7-16(8-10-18)13-24-14-17(12-20(24)25)21(26)23-19(22(27)28)11-15-5-3-2-4-6-15/h2-10,17,19H,11-14H2,1H3,(H,23,26)(H,27,28)/t17?,19-/m1/s1. The maximum absolute atomic E-state index is 12.6. The van der Waals surface area contributed by atoms with Crippen LogP contribution in [0.3, 0.4) is 0 Å². The molecule has 2 amide bonds. The molecule has 1 unspecified atom stereocenters. The Morgan fingerprint density at radius 3 is 2.45 bits per heavy atom. The normalized spacial score (nSPS) is 17.1. The van der Waals surface area contributed by atoms with E-state index >= 15 is 0 Å². The maximum Gasteiger partial charge on any atom is 0.326 e. The summed E-state index contributed by atoms with van der Waals surface area (Å²) in [6, 6.07) is 15.5. The SMILES string of the molecule is COc1ccc(CN2CC(C(=O)N[C@H](Cc3ccccc3)C(=O)O)CC2=O)cc1. The van der Waals surface area contributed by atoms with E-state index in [0.717, 1.165) is 16.9 Å².